The van der Waals surface area contributed by atoms with Crippen molar-refractivity contribution in [2.24, 2.45) is 0 Å². The number of aromatic nitrogens is 2. The molecule has 20 heavy (non-hydrogen) atoms. The second-order valence-electron chi connectivity index (χ2n) is 5.38. The summed E-state index contributed by atoms with van der Waals surface area (Å²) >= 11 is 0. The van der Waals surface area contributed by atoms with E-state index < -0.39 is 0 Å². The van der Waals surface area contributed by atoms with E-state index in [1.807, 2.05) is 11.2 Å². The molecule has 1 fully saturated rings. The maximum Gasteiger partial charge on any atom is 0.236 e. The molecule has 1 aromatic heterocycles. The lowest BCUT2D eigenvalue weighted by Gasteiger charge is -2.31. The number of imidazole rings is 1. The van der Waals surface area contributed by atoms with Crippen LogP contribution in [0, 0.1) is 0 Å². The van der Waals surface area contributed by atoms with Crippen LogP contribution in [-0.2, 0) is 29.0 Å². The third-order valence-electron chi connectivity index (χ3n) is 4.13. The number of amides is 1. The van der Waals surface area contributed by atoms with E-state index in [9.17, 15) is 4.79 Å². The molecule has 1 saturated heterocycles. The molecule has 0 N–H and O–H groups in total. The third-order valence-corrected chi connectivity index (χ3v) is 4.13. The van der Waals surface area contributed by atoms with Crippen molar-refractivity contribution < 1.29 is 9.53 Å². The summed E-state index contributed by atoms with van der Waals surface area (Å²) in [5, 5.41) is 0. The monoisotopic (exact) mass is 278 g/mol. The number of nitrogens with zero attached hydrogens (tertiary/aromatic N) is 4. The molecular formula is C14H22N4O2. The highest BCUT2D eigenvalue weighted by Crippen LogP contribution is 2.17. The number of aryl methyl sites for hydroxylation is 1. The number of carbonyl (C=O) groups excluding carboxylic acids is 1. The topological polar surface area (TPSA) is 50.6 Å². The Labute approximate surface area is 119 Å². The van der Waals surface area contributed by atoms with Crippen molar-refractivity contribution in [1.29, 1.82) is 0 Å². The lowest BCUT2D eigenvalue weighted by molar-refractivity contribution is -0.136. The van der Waals surface area contributed by atoms with E-state index in [0.717, 1.165) is 39.1 Å². The molecule has 0 bridgehead atoms. The number of fused-ring (bicyclic) bond motifs is 1. The van der Waals surface area contributed by atoms with Gasteiger partial charge in [0.25, 0.3) is 0 Å². The van der Waals surface area contributed by atoms with Crippen LogP contribution in [0.4, 0.5) is 0 Å². The molecule has 0 aromatic carbocycles. The van der Waals surface area contributed by atoms with Crippen LogP contribution in [0.2, 0.25) is 0 Å². The molecule has 1 amide bonds. The molecule has 0 atom stereocenters. The van der Waals surface area contributed by atoms with Gasteiger partial charge in [0.05, 0.1) is 37.5 Å². The van der Waals surface area contributed by atoms with E-state index in [2.05, 4.69) is 21.4 Å². The fourth-order valence-corrected chi connectivity index (χ4v) is 2.91. The van der Waals surface area contributed by atoms with Crippen molar-refractivity contribution in [3.63, 3.8) is 0 Å². The Morgan fingerprint density at radius 1 is 1.35 bits per heavy atom. The summed E-state index contributed by atoms with van der Waals surface area (Å²) in [5.41, 5.74) is 2.47. The molecular weight excluding hydrogens is 256 g/mol. The Kier molecular flexibility index (Phi) is 4.03. The van der Waals surface area contributed by atoms with E-state index in [0.29, 0.717) is 19.8 Å². The highest BCUT2D eigenvalue weighted by molar-refractivity contribution is 5.78. The van der Waals surface area contributed by atoms with Gasteiger partial charge in [-0.1, -0.05) is 0 Å². The summed E-state index contributed by atoms with van der Waals surface area (Å²) in [4.78, 5) is 20.9. The van der Waals surface area contributed by atoms with Gasteiger partial charge in [0, 0.05) is 39.1 Å². The number of hydrogen-bond donors (Lipinski definition) is 0. The van der Waals surface area contributed by atoms with E-state index >= 15 is 0 Å². The highest BCUT2D eigenvalue weighted by Gasteiger charge is 2.24. The smallest absolute Gasteiger partial charge is 0.236 e. The summed E-state index contributed by atoms with van der Waals surface area (Å²) < 4.78 is 7.47. The van der Waals surface area contributed by atoms with Crippen molar-refractivity contribution >= 4 is 5.91 Å². The van der Waals surface area contributed by atoms with Crippen molar-refractivity contribution in [2.75, 3.05) is 39.4 Å². The van der Waals surface area contributed by atoms with E-state index in [1.54, 1.807) is 0 Å². The second kappa shape index (κ2) is 5.93. The van der Waals surface area contributed by atoms with Crippen LogP contribution in [0.5, 0.6) is 0 Å². The molecule has 1 aromatic rings. The summed E-state index contributed by atoms with van der Waals surface area (Å²) in [5.74, 6) is 0.222. The predicted molar refractivity (Wildman–Crippen MR) is 74.3 cm³/mol. The molecule has 0 spiro atoms. The molecule has 3 rings (SSSR count). The first-order valence-corrected chi connectivity index (χ1v) is 7.38. The van der Waals surface area contributed by atoms with Gasteiger partial charge in [-0.15, -0.1) is 0 Å². The van der Waals surface area contributed by atoms with Crippen LogP contribution in [0.25, 0.3) is 0 Å². The van der Waals surface area contributed by atoms with Gasteiger partial charge in [0.1, 0.15) is 0 Å². The quantitative estimate of drug-likeness (QED) is 0.788. The average molecular weight is 278 g/mol. The molecule has 6 heteroatoms. The Morgan fingerprint density at radius 2 is 2.15 bits per heavy atom. The van der Waals surface area contributed by atoms with E-state index in [1.165, 1.54) is 11.4 Å². The van der Waals surface area contributed by atoms with Crippen LogP contribution in [0.1, 0.15) is 18.3 Å². The van der Waals surface area contributed by atoms with Crippen molar-refractivity contribution in [3.8, 4) is 0 Å². The van der Waals surface area contributed by atoms with Crippen LogP contribution in [0.3, 0.4) is 0 Å². The maximum atomic E-state index is 12.3. The zero-order valence-corrected chi connectivity index (χ0v) is 12.0. The van der Waals surface area contributed by atoms with Crippen molar-refractivity contribution in [3.05, 3.63) is 17.7 Å². The van der Waals surface area contributed by atoms with Gasteiger partial charge in [-0.2, -0.15) is 0 Å². The standard InChI is InChI=1S/C14H22N4O2/c1-2-17-11-15-12-3-4-16(9-13(12)17)10-14(19)18-5-7-20-8-6-18/h11H,2-10H2,1H3. The zero-order valence-electron chi connectivity index (χ0n) is 12.0. The van der Waals surface area contributed by atoms with Gasteiger partial charge in [0.2, 0.25) is 5.91 Å². The number of carbonyl (C=O) groups is 1. The third kappa shape index (κ3) is 2.71. The van der Waals surface area contributed by atoms with Gasteiger partial charge >= 0.3 is 0 Å². The SMILES string of the molecule is CCn1cnc2c1CN(CC(=O)N1CCOCC1)CC2. The van der Waals surface area contributed by atoms with Gasteiger partial charge in [0.15, 0.2) is 0 Å². The molecule has 0 aliphatic carbocycles. The van der Waals surface area contributed by atoms with Gasteiger partial charge < -0.3 is 14.2 Å². The minimum absolute atomic E-state index is 0.222. The highest BCUT2D eigenvalue weighted by atomic mass is 16.5. The largest absolute Gasteiger partial charge is 0.378 e. The summed E-state index contributed by atoms with van der Waals surface area (Å²) in [6.45, 7) is 8.11. The Bertz CT molecular complexity index is 466. The van der Waals surface area contributed by atoms with Crippen LogP contribution < -0.4 is 0 Å². The Hall–Kier alpha value is -1.40. The molecule has 0 radical (unpaired) electrons. The number of morpholine rings is 1. The maximum absolute atomic E-state index is 12.3. The summed E-state index contributed by atoms with van der Waals surface area (Å²) in [7, 11) is 0. The molecule has 2 aliphatic heterocycles. The lowest BCUT2D eigenvalue weighted by atomic mass is 10.1. The van der Waals surface area contributed by atoms with Crippen molar-refractivity contribution in [2.45, 2.75) is 26.4 Å². The zero-order chi connectivity index (χ0) is 13.9. The summed E-state index contributed by atoms with van der Waals surface area (Å²) in [6, 6.07) is 0. The number of ether oxygens (including phenoxy) is 1. The lowest BCUT2D eigenvalue weighted by Crippen LogP contribution is -2.46. The summed E-state index contributed by atoms with van der Waals surface area (Å²) in [6.07, 6.45) is 2.86. The Morgan fingerprint density at radius 3 is 2.90 bits per heavy atom. The number of hydrogen-bond acceptors (Lipinski definition) is 4. The first-order valence-electron chi connectivity index (χ1n) is 7.38. The minimum atomic E-state index is 0.222. The minimum Gasteiger partial charge on any atom is -0.378 e. The second-order valence-corrected chi connectivity index (χ2v) is 5.38. The van der Waals surface area contributed by atoms with E-state index in [4.69, 9.17) is 4.74 Å². The Balaban J connectivity index is 1.60. The molecule has 0 unspecified atom stereocenters. The molecule has 2 aliphatic rings. The van der Waals surface area contributed by atoms with E-state index in [-0.39, 0.29) is 5.91 Å². The fraction of sp³-hybridized carbons (Fsp3) is 0.714. The predicted octanol–water partition coefficient (Wildman–Crippen LogP) is 0.120. The molecule has 3 heterocycles. The average Bonchev–Trinajstić information content (AvgIpc) is 2.90. The van der Waals surface area contributed by atoms with Crippen LogP contribution in [-0.4, -0.2) is 64.7 Å². The molecule has 110 valence electrons. The molecule has 6 nitrogen and oxygen atoms in total. The normalized spacial score (nSPS) is 19.9. The first kappa shape index (κ1) is 13.6. The molecule has 0 saturated carbocycles. The first-order chi connectivity index (χ1) is 9.78. The number of rotatable bonds is 3. The van der Waals surface area contributed by atoms with Crippen LogP contribution >= 0.6 is 0 Å². The van der Waals surface area contributed by atoms with Gasteiger partial charge in [-0.25, -0.2) is 4.98 Å². The van der Waals surface area contributed by atoms with Crippen molar-refractivity contribution in [1.82, 2.24) is 19.4 Å². The van der Waals surface area contributed by atoms with Crippen LogP contribution in [0.15, 0.2) is 6.33 Å². The van der Waals surface area contributed by atoms with Gasteiger partial charge in [-0.05, 0) is 6.92 Å². The van der Waals surface area contributed by atoms with Gasteiger partial charge in [-0.3, -0.25) is 9.69 Å². The fourth-order valence-electron chi connectivity index (χ4n) is 2.91.